The quantitative estimate of drug-likeness (QED) is 0.619. The molecule has 0 radical (unpaired) electrons. The Labute approximate surface area is 102 Å². The third-order valence-electron chi connectivity index (χ3n) is 3.97. The van der Waals surface area contributed by atoms with E-state index in [-0.39, 0.29) is 5.92 Å². The van der Waals surface area contributed by atoms with E-state index in [4.69, 9.17) is 0 Å². The molecule has 0 aromatic carbocycles. The van der Waals surface area contributed by atoms with Crippen molar-refractivity contribution in [3.8, 4) is 0 Å². The van der Waals surface area contributed by atoms with Crippen LogP contribution in [-0.2, 0) is 0 Å². The van der Waals surface area contributed by atoms with Crippen LogP contribution >= 0.6 is 0 Å². The van der Waals surface area contributed by atoms with Gasteiger partial charge in [0.05, 0.1) is 0 Å². The molecule has 4 atom stereocenters. The highest BCUT2D eigenvalue weighted by molar-refractivity contribution is 5.30. The van der Waals surface area contributed by atoms with E-state index < -0.39 is 18.3 Å². The maximum Gasteiger partial charge on any atom is 0.124 e. The number of hydrogen-bond acceptors (Lipinski definition) is 0. The predicted molar refractivity (Wildman–Crippen MR) is 67.3 cm³/mol. The summed E-state index contributed by atoms with van der Waals surface area (Å²) in [6.45, 7) is 4.11. The van der Waals surface area contributed by atoms with Gasteiger partial charge in [-0.05, 0) is 32.1 Å². The topological polar surface area (TPSA) is 0 Å². The van der Waals surface area contributed by atoms with Gasteiger partial charge in [-0.25, -0.2) is 8.78 Å². The highest BCUT2D eigenvalue weighted by Crippen LogP contribution is 2.39. The smallest absolute Gasteiger partial charge is 0.124 e. The van der Waals surface area contributed by atoms with Crippen molar-refractivity contribution in [1.29, 1.82) is 0 Å². The molecule has 0 heterocycles. The van der Waals surface area contributed by atoms with Crippen molar-refractivity contribution in [2.45, 2.75) is 45.5 Å². The van der Waals surface area contributed by atoms with E-state index in [1.165, 1.54) is 11.6 Å². The molecular formula is C15H20F2. The van der Waals surface area contributed by atoms with Gasteiger partial charge in [0, 0.05) is 5.92 Å². The molecule has 0 amide bonds. The molecule has 2 rings (SSSR count). The van der Waals surface area contributed by atoms with Gasteiger partial charge in [0.15, 0.2) is 0 Å². The molecule has 0 aromatic heterocycles. The highest BCUT2D eigenvalue weighted by Gasteiger charge is 2.38. The first-order valence-corrected chi connectivity index (χ1v) is 6.45. The van der Waals surface area contributed by atoms with Crippen LogP contribution in [0.15, 0.2) is 35.5 Å². The van der Waals surface area contributed by atoms with Crippen LogP contribution in [0.5, 0.6) is 0 Å². The van der Waals surface area contributed by atoms with E-state index in [0.717, 1.165) is 18.4 Å². The maximum absolute atomic E-state index is 13.9. The molecule has 0 aliphatic heterocycles. The van der Waals surface area contributed by atoms with Crippen molar-refractivity contribution >= 4 is 0 Å². The zero-order valence-electron chi connectivity index (χ0n) is 10.5. The number of rotatable bonds is 2. The van der Waals surface area contributed by atoms with Gasteiger partial charge in [-0.2, -0.15) is 0 Å². The number of alkyl halides is 2. The Bertz CT molecular complexity index is 365. The lowest BCUT2D eigenvalue weighted by Crippen LogP contribution is -2.35. The van der Waals surface area contributed by atoms with Crippen LogP contribution in [0.3, 0.4) is 0 Å². The van der Waals surface area contributed by atoms with Crippen LogP contribution in [0, 0.1) is 11.8 Å². The van der Waals surface area contributed by atoms with Gasteiger partial charge in [0.2, 0.25) is 0 Å². The van der Waals surface area contributed by atoms with Gasteiger partial charge in [0.25, 0.3) is 0 Å². The number of hydrogen-bond donors (Lipinski definition) is 0. The summed E-state index contributed by atoms with van der Waals surface area (Å²) < 4.78 is 27.8. The maximum atomic E-state index is 13.9. The van der Waals surface area contributed by atoms with Crippen LogP contribution < -0.4 is 0 Å². The molecule has 0 nitrogen and oxygen atoms in total. The second-order valence-electron chi connectivity index (χ2n) is 5.06. The van der Waals surface area contributed by atoms with Gasteiger partial charge in [0.1, 0.15) is 12.3 Å². The van der Waals surface area contributed by atoms with Crippen LogP contribution in [0.2, 0.25) is 0 Å². The van der Waals surface area contributed by atoms with E-state index in [0.29, 0.717) is 6.42 Å². The van der Waals surface area contributed by atoms with Crippen molar-refractivity contribution in [2.75, 3.05) is 0 Å². The molecule has 0 spiro atoms. The lowest BCUT2D eigenvalue weighted by Gasteiger charge is -2.35. The first-order valence-electron chi connectivity index (χ1n) is 6.45. The van der Waals surface area contributed by atoms with Gasteiger partial charge in [-0.1, -0.05) is 42.4 Å². The van der Waals surface area contributed by atoms with Gasteiger partial charge >= 0.3 is 0 Å². The second kappa shape index (κ2) is 5.16. The zero-order chi connectivity index (χ0) is 12.4. The van der Waals surface area contributed by atoms with Crippen molar-refractivity contribution in [2.24, 2.45) is 11.8 Å². The monoisotopic (exact) mass is 238 g/mol. The van der Waals surface area contributed by atoms with Gasteiger partial charge in [-0.3, -0.25) is 0 Å². The molecule has 0 saturated heterocycles. The van der Waals surface area contributed by atoms with E-state index in [1.54, 1.807) is 6.08 Å². The minimum atomic E-state index is -1.14. The van der Waals surface area contributed by atoms with E-state index in [2.05, 4.69) is 19.1 Å². The molecule has 0 N–H and O–H groups in total. The average molecular weight is 238 g/mol. The predicted octanol–water partition coefficient (Wildman–Crippen LogP) is 4.54. The molecule has 17 heavy (non-hydrogen) atoms. The Balaban J connectivity index is 2.17. The Kier molecular flexibility index (Phi) is 3.80. The minimum Gasteiger partial charge on any atom is -0.247 e. The zero-order valence-corrected chi connectivity index (χ0v) is 10.5. The Hall–Kier alpha value is -0.920. The third-order valence-corrected chi connectivity index (χ3v) is 3.97. The van der Waals surface area contributed by atoms with Crippen molar-refractivity contribution < 1.29 is 8.78 Å². The molecule has 2 unspecified atom stereocenters. The highest BCUT2D eigenvalue weighted by atomic mass is 19.1. The molecule has 0 saturated carbocycles. The lowest BCUT2D eigenvalue weighted by atomic mass is 9.73. The number of halogens is 2. The average Bonchev–Trinajstić information content (AvgIpc) is 2.30. The molecular weight excluding hydrogens is 218 g/mol. The third kappa shape index (κ3) is 2.51. The fourth-order valence-electron chi connectivity index (χ4n) is 2.93. The molecule has 2 aliphatic rings. The summed E-state index contributed by atoms with van der Waals surface area (Å²) in [7, 11) is 0. The summed E-state index contributed by atoms with van der Waals surface area (Å²) in [6, 6.07) is 0. The fourth-order valence-corrected chi connectivity index (χ4v) is 2.93. The lowest BCUT2D eigenvalue weighted by molar-refractivity contribution is 0.104. The standard InChI is InChI=1S/C15H20F2/c1-3-11-7-8-12(10(2)9-11)15-13(16)5-4-6-14(15)17/h4-5,7,9,12-15H,3,6,8H2,1-2H3/t12?,13-,14+,15?/m1/s1. The first-order chi connectivity index (χ1) is 8.13. The molecule has 0 fully saturated rings. The van der Waals surface area contributed by atoms with Gasteiger partial charge < -0.3 is 0 Å². The van der Waals surface area contributed by atoms with Crippen molar-refractivity contribution in [3.63, 3.8) is 0 Å². The summed E-state index contributed by atoms with van der Waals surface area (Å²) in [5.41, 5.74) is 2.42. The Morgan fingerprint density at radius 1 is 1.29 bits per heavy atom. The fraction of sp³-hybridized carbons (Fsp3) is 0.600. The Morgan fingerprint density at radius 3 is 2.65 bits per heavy atom. The van der Waals surface area contributed by atoms with Crippen LogP contribution in [-0.4, -0.2) is 12.3 Å². The van der Waals surface area contributed by atoms with E-state index in [1.807, 2.05) is 6.92 Å². The molecule has 0 bridgehead atoms. The van der Waals surface area contributed by atoms with E-state index in [9.17, 15) is 8.78 Å². The molecule has 0 aromatic rings. The van der Waals surface area contributed by atoms with Crippen molar-refractivity contribution in [3.05, 3.63) is 35.5 Å². The van der Waals surface area contributed by atoms with Crippen molar-refractivity contribution in [1.82, 2.24) is 0 Å². The van der Waals surface area contributed by atoms with Gasteiger partial charge in [-0.15, -0.1) is 0 Å². The summed E-state index contributed by atoms with van der Waals surface area (Å²) in [4.78, 5) is 0. The van der Waals surface area contributed by atoms with Crippen LogP contribution in [0.25, 0.3) is 0 Å². The van der Waals surface area contributed by atoms with Crippen LogP contribution in [0.1, 0.15) is 33.1 Å². The normalized spacial score (nSPS) is 37.6. The largest absolute Gasteiger partial charge is 0.247 e. The first kappa shape index (κ1) is 12.5. The van der Waals surface area contributed by atoms with Crippen LogP contribution in [0.4, 0.5) is 8.78 Å². The molecule has 2 heteroatoms. The van der Waals surface area contributed by atoms with E-state index >= 15 is 0 Å². The second-order valence-corrected chi connectivity index (χ2v) is 5.06. The summed E-state index contributed by atoms with van der Waals surface area (Å²) in [5.74, 6) is -0.467. The summed E-state index contributed by atoms with van der Waals surface area (Å²) in [6.07, 6.45) is 7.34. The summed E-state index contributed by atoms with van der Waals surface area (Å²) in [5, 5.41) is 0. The number of allylic oxidation sites excluding steroid dienone is 6. The Morgan fingerprint density at radius 2 is 2.06 bits per heavy atom. The molecule has 94 valence electrons. The minimum absolute atomic E-state index is 0.0280. The molecule has 2 aliphatic carbocycles. The SMILES string of the molecule is CCC1=CCC(C2[C@H](F)C=CC[C@@H]2F)C(C)=C1. The summed E-state index contributed by atoms with van der Waals surface area (Å²) >= 11 is 0.